The van der Waals surface area contributed by atoms with Gasteiger partial charge in [0.2, 0.25) is 0 Å². The Hall–Kier alpha value is -2.40. The molecule has 0 spiro atoms. The van der Waals surface area contributed by atoms with Crippen LogP contribution in [0.2, 0.25) is 0 Å². The summed E-state index contributed by atoms with van der Waals surface area (Å²) in [4.78, 5) is 9.25. The molecule has 1 aromatic rings. The van der Waals surface area contributed by atoms with Crippen LogP contribution >= 0.6 is 0 Å². The first-order valence-corrected chi connectivity index (χ1v) is 6.44. The van der Waals surface area contributed by atoms with E-state index < -0.39 is 31.1 Å². The van der Waals surface area contributed by atoms with E-state index >= 15 is 0 Å². The van der Waals surface area contributed by atoms with Crippen molar-refractivity contribution >= 4 is 21.6 Å². The monoisotopic (exact) mass is 268 g/mol. The summed E-state index contributed by atoms with van der Waals surface area (Å²) in [6.07, 6.45) is 1.86. The zero-order chi connectivity index (χ0) is 13.9. The van der Waals surface area contributed by atoms with E-state index in [1.807, 2.05) is 0 Å². The smallest absolute Gasteiger partial charge is 0.311 e. The highest BCUT2D eigenvalue weighted by molar-refractivity contribution is 7.95. The molecule has 8 heteroatoms. The van der Waals surface area contributed by atoms with Crippen molar-refractivity contribution in [3.63, 3.8) is 0 Å². The van der Waals surface area contributed by atoms with Crippen LogP contribution in [0.25, 0.3) is 6.08 Å². The lowest BCUT2D eigenvalue weighted by atomic mass is 10.2. The third kappa shape index (κ3) is 3.05. The first-order valence-electron chi connectivity index (χ1n) is 4.55. The van der Waals surface area contributed by atoms with Gasteiger partial charge in [0.25, 0.3) is 0 Å². The Kier molecular flexibility index (Phi) is 3.68. The largest absolute Gasteiger partial charge is 0.502 e. The second kappa shape index (κ2) is 4.85. The minimum Gasteiger partial charge on any atom is -0.502 e. The van der Waals surface area contributed by atoms with E-state index in [2.05, 4.69) is 0 Å². The van der Waals surface area contributed by atoms with Gasteiger partial charge in [-0.1, -0.05) is 6.07 Å². The number of sulfone groups is 1. The Morgan fingerprint density at radius 3 is 2.61 bits per heavy atom. The second-order valence-electron chi connectivity index (χ2n) is 3.40. The number of rotatable bonds is 3. The predicted octanol–water partition coefficient (Wildman–Crippen LogP) is 1.21. The summed E-state index contributed by atoms with van der Waals surface area (Å²) in [5.74, 6) is -0.532. The van der Waals surface area contributed by atoms with Crippen molar-refractivity contribution in [3.8, 4) is 11.8 Å². The number of hydrogen-bond acceptors (Lipinski definition) is 6. The summed E-state index contributed by atoms with van der Waals surface area (Å²) < 4.78 is 22.4. The fourth-order valence-corrected chi connectivity index (χ4v) is 1.67. The molecule has 0 unspecified atom stereocenters. The van der Waals surface area contributed by atoms with Crippen molar-refractivity contribution in [2.75, 3.05) is 6.26 Å². The molecule has 94 valence electrons. The van der Waals surface area contributed by atoms with Crippen LogP contribution in [0.1, 0.15) is 5.56 Å². The molecule has 0 amide bonds. The summed E-state index contributed by atoms with van der Waals surface area (Å²) in [7, 11) is -3.69. The lowest BCUT2D eigenvalue weighted by Crippen LogP contribution is -1.98. The maximum absolute atomic E-state index is 11.2. The molecule has 0 atom stereocenters. The van der Waals surface area contributed by atoms with Gasteiger partial charge in [0.15, 0.2) is 15.6 Å². The van der Waals surface area contributed by atoms with Gasteiger partial charge >= 0.3 is 5.69 Å². The van der Waals surface area contributed by atoms with E-state index in [0.717, 1.165) is 24.5 Å². The van der Waals surface area contributed by atoms with Crippen molar-refractivity contribution < 1.29 is 18.4 Å². The first kappa shape index (κ1) is 13.7. The van der Waals surface area contributed by atoms with Crippen molar-refractivity contribution in [1.29, 1.82) is 5.26 Å². The molecular formula is C10H8N2O5S. The molecule has 0 bridgehead atoms. The minimum atomic E-state index is -3.69. The third-order valence-electron chi connectivity index (χ3n) is 2.00. The molecule has 0 saturated carbocycles. The molecule has 0 fully saturated rings. The van der Waals surface area contributed by atoms with Crippen LogP contribution in [0.15, 0.2) is 23.1 Å². The molecule has 0 aliphatic rings. The standard InChI is InChI=1S/C10H8N2O5S/c1-18(16,17)8(6-11)4-7-2-3-10(13)9(5-7)12(14)15/h2-5,13H,1H3/b8-4+. The van der Waals surface area contributed by atoms with Crippen LogP contribution in [-0.4, -0.2) is 24.7 Å². The van der Waals surface area contributed by atoms with Crippen molar-refractivity contribution in [2.24, 2.45) is 0 Å². The van der Waals surface area contributed by atoms with Gasteiger partial charge in [0.05, 0.1) is 4.92 Å². The van der Waals surface area contributed by atoms with E-state index in [-0.39, 0.29) is 5.56 Å². The predicted molar refractivity (Wildman–Crippen MR) is 63.2 cm³/mol. The summed E-state index contributed by atoms with van der Waals surface area (Å²) in [6, 6.07) is 4.80. The molecule has 1 rings (SSSR count). The van der Waals surface area contributed by atoms with Crippen LogP contribution in [0.3, 0.4) is 0 Å². The fourth-order valence-electron chi connectivity index (χ4n) is 1.15. The highest BCUT2D eigenvalue weighted by Crippen LogP contribution is 2.27. The van der Waals surface area contributed by atoms with E-state index in [1.165, 1.54) is 12.1 Å². The minimum absolute atomic E-state index is 0.140. The van der Waals surface area contributed by atoms with E-state index in [4.69, 9.17) is 5.26 Å². The Morgan fingerprint density at radius 1 is 1.56 bits per heavy atom. The molecule has 0 saturated heterocycles. The van der Waals surface area contributed by atoms with Crippen LogP contribution in [-0.2, 0) is 9.84 Å². The first-order chi connectivity index (χ1) is 8.25. The van der Waals surface area contributed by atoms with E-state index in [1.54, 1.807) is 0 Å². The molecule has 0 radical (unpaired) electrons. The van der Waals surface area contributed by atoms with Gasteiger partial charge < -0.3 is 5.11 Å². The lowest BCUT2D eigenvalue weighted by Gasteiger charge is -1.99. The number of nitriles is 1. The fraction of sp³-hybridized carbons (Fsp3) is 0.100. The molecule has 7 nitrogen and oxygen atoms in total. The second-order valence-corrected chi connectivity index (χ2v) is 5.38. The van der Waals surface area contributed by atoms with Gasteiger partial charge in [-0.3, -0.25) is 10.1 Å². The zero-order valence-electron chi connectivity index (χ0n) is 9.19. The van der Waals surface area contributed by atoms with Gasteiger partial charge in [-0.2, -0.15) is 5.26 Å². The Balaban J connectivity index is 3.37. The summed E-state index contributed by atoms with van der Waals surface area (Å²) in [5.41, 5.74) is -0.420. The number of aromatic hydroxyl groups is 1. The van der Waals surface area contributed by atoms with E-state index in [0.29, 0.717) is 0 Å². The number of allylic oxidation sites excluding steroid dienone is 1. The van der Waals surface area contributed by atoms with Crippen LogP contribution in [0.4, 0.5) is 5.69 Å². The number of hydrogen-bond donors (Lipinski definition) is 1. The Bertz CT molecular complexity index is 670. The maximum Gasteiger partial charge on any atom is 0.311 e. The molecule has 0 aliphatic carbocycles. The molecule has 1 N–H and O–H groups in total. The van der Waals surface area contributed by atoms with Crippen molar-refractivity contribution in [1.82, 2.24) is 0 Å². The number of nitro benzene ring substituents is 1. The SMILES string of the molecule is CS(=O)(=O)/C(C#N)=C/c1ccc(O)c([N+](=O)[O-])c1. The number of nitro groups is 1. The van der Waals surface area contributed by atoms with Gasteiger partial charge in [-0.05, 0) is 17.7 Å². The van der Waals surface area contributed by atoms with Crippen LogP contribution in [0, 0.1) is 21.4 Å². The number of phenols is 1. The number of nitrogens with zero attached hydrogens (tertiary/aromatic N) is 2. The highest BCUT2D eigenvalue weighted by atomic mass is 32.2. The summed E-state index contributed by atoms with van der Waals surface area (Å²) in [6.45, 7) is 0. The van der Waals surface area contributed by atoms with Crippen molar-refractivity contribution in [3.05, 3.63) is 38.8 Å². The lowest BCUT2D eigenvalue weighted by molar-refractivity contribution is -0.385. The third-order valence-corrected chi connectivity index (χ3v) is 3.01. The topological polar surface area (TPSA) is 121 Å². The maximum atomic E-state index is 11.2. The van der Waals surface area contributed by atoms with Gasteiger partial charge in [-0.25, -0.2) is 8.42 Å². The molecule has 0 aliphatic heterocycles. The Morgan fingerprint density at radius 2 is 2.17 bits per heavy atom. The average Bonchev–Trinajstić information content (AvgIpc) is 2.25. The normalized spacial score (nSPS) is 11.9. The quantitative estimate of drug-likeness (QED) is 0.499. The summed E-state index contributed by atoms with van der Waals surface area (Å²) >= 11 is 0. The molecule has 0 heterocycles. The molecule has 0 aromatic heterocycles. The molecule has 1 aromatic carbocycles. The van der Waals surface area contributed by atoms with E-state index in [9.17, 15) is 23.6 Å². The van der Waals surface area contributed by atoms with Gasteiger partial charge in [0.1, 0.15) is 11.0 Å². The average molecular weight is 268 g/mol. The van der Waals surface area contributed by atoms with Crippen LogP contribution < -0.4 is 0 Å². The highest BCUT2D eigenvalue weighted by Gasteiger charge is 2.15. The Labute approximate surface area is 103 Å². The van der Waals surface area contributed by atoms with Gasteiger partial charge in [0, 0.05) is 12.3 Å². The number of phenolic OH excluding ortho intramolecular Hbond substituents is 1. The van der Waals surface area contributed by atoms with Crippen LogP contribution in [0.5, 0.6) is 5.75 Å². The zero-order valence-corrected chi connectivity index (χ0v) is 10.0. The van der Waals surface area contributed by atoms with Gasteiger partial charge in [-0.15, -0.1) is 0 Å². The molecular weight excluding hydrogens is 260 g/mol. The number of benzene rings is 1. The van der Waals surface area contributed by atoms with Crippen molar-refractivity contribution in [2.45, 2.75) is 0 Å². The molecule has 18 heavy (non-hydrogen) atoms. The summed E-state index contributed by atoms with van der Waals surface area (Å²) in [5, 5.41) is 28.5.